The summed E-state index contributed by atoms with van der Waals surface area (Å²) in [6.07, 6.45) is 0. The predicted molar refractivity (Wildman–Crippen MR) is 77.7 cm³/mol. The van der Waals surface area contributed by atoms with Gasteiger partial charge in [-0.25, -0.2) is 4.98 Å². The van der Waals surface area contributed by atoms with Crippen molar-refractivity contribution in [2.75, 3.05) is 0 Å². The van der Waals surface area contributed by atoms with Crippen LogP contribution in [0.2, 0.25) is 0 Å². The molecule has 0 saturated carbocycles. The number of rotatable bonds is 1. The van der Waals surface area contributed by atoms with Crippen molar-refractivity contribution in [1.82, 2.24) is 14.5 Å². The van der Waals surface area contributed by atoms with Crippen LogP contribution in [0.25, 0.3) is 22.2 Å². The van der Waals surface area contributed by atoms with Crippen LogP contribution in [-0.4, -0.2) is 14.5 Å². The number of hydrogen-bond donors (Lipinski definition) is 1. The Hall–Kier alpha value is -1.55. The van der Waals surface area contributed by atoms with Gasteiger partial charge in [-0.05, 0) is 35.8 Å². The molecule has 0 unspecified atom stereocenters. The second kappa shape index (κ2) is 3.99. The van der Waals surface area contributed by atoms with E-state index < -0.39 is 0 Å². The fourth-order valence-corrected chi connectivity index (χ4v) is 2.87. The smallest absolute Gasteiger partial charge is 0.112 e. The zero-order valence-electron chi connectivity index (χ0n) is 10.6. The number of nitrogens with zero attached hydrogens (tertiary/aromatic N) is 2. The molecule has 2 heterocycles. The lowest BCUT2D eigenvalue weighted by Crippen LogP contribution is -1.90. The molecule has 0 aliphatic rings. The van der Waals surface area contributed by atoms with Gasteiger partial charge in [-0.3, -0.25) is 0 Å². The average molecular weight is 304 g/mol. The third kappa shape index (κ3) is 1.52. The van der Waals surface area contributed by atoms with Gasteiger partial charge < -0.3 is 9.55 Å². The second-order valence-electron chi connectivity index (χ2n) is 4.53. The van der Waals surface area contributed by atoms with E-state index in [2.05, 4.69) is 55.6 Å². The minimum atomic E-state index is 1.00. The maximum absolute atomic E-state index is 4.66. The lowest BCUT2D eigenvalue weighted by molar-refractivity contribution is 0.840. The van der Waals surface area contributed by atoms with Crippen LogP contribution < -0.4 is 0 Å². The summed E-state index contributed by atoms with van der Waals surface area (Å²) in [5, 5.41) is 1.22. The highest BCUT2D eigenvalue weighted by Gasteiger charge is 2.17. The van der Waals surface area contributed by atoms with Gasteiger partial charge >= 0.3 is 0 Å². The lowest BCUT2D eigenvalue weighted by Gasteiger charge is -1.99. The molecular formula is C14H14BrN3. The highest BCUT2D eigenvalue weighted by Crippen LogP contribution is 2.35. The minimum Gasteiger partial charge on any atom is -0.358 e. The van der Waals surface area contributed by atoms with E-state index in [-0.39, 0.29) is 0 Å². The first kappa shape index (κ1) is 11.5. The van der Waals surface area contributed by atoms with Gasteiger partial charge in [-0.15, -0.1) is 0 Å². The van der Waals surface area contributed by atoms with Crippen molar-refractivity contribution in [1.29, 1.82) is 0 Å². The summed E-state index contributed by atoms with van der Waals surface area (Å²) in [6, 6.07) is 8.32. The van der Waals surface area contributed by atoms with E-state index in [9.17, 15) is 0 Å². The molecule has 0 spiro atoms. The van der Waals surface area contributed by atoms with Crippen LogP contribution in [0.5, 0.6) is 0 Å². The Labute approximate surface area is 114 Å². The van der Waals surface area contributed by atoms with Gasteiger partial charge in [0.25, 0.3) is 0 Å². The maximum atomic E-state index is 4.66. The van der Waals surface area contributed by atoms with Crippen LogP contribution in [0.1, 0.15) is 11.5 Å². The molecule has 0 amide bonds. The summed E-state index contributed by atoms with van der Waals surface area (Å²) in [5.41, 5.74) is 4.49. The monoisotopic (exact) mass is 303 g/mol. The van der Waals surface area contributed by atoms with Gasteiger partial charge in [-0.1, -0.05) is 18.2 Å². The first-order valence-electron chi connectivity index (χ1n) is 5.86. The normalized spacial score (nSPS) is 11.3. The summed E-state index contributed by atoms with van der Waals surface area (Å²) in [7, 11) is 2.01. The van der Waals surface area contributed by atoms with E-state index in [0.717, 1.165) is 27.3 Å². The Morgan fingerprint density at radius 2 is 1.94 bits per heavy atom. The molecule has 18 heavy (non-hydrogen) atoms. The molecule has 0 bridgehead atoms. The van der Waals surface area contributed by atoms with Crippen LogP contribution >= 0.6 is 15.9 Å². The molecule has 0 radical (unpaired) electrons. The number of aryl methyl sites for hydroxylation is 2. The topological polar surface area (TPSA) is 33.6 Å². The van der Waals surface area contributed by atoms with Crippen LogP contribution in [-0.2, 0) is 7.05 Å². The fourth-order valence-electron chi connectivity index (χ4n) is 2.32. The number of H-pyrrole nitrogens is 1. The van der Waals surface area contributed by atoms with Crippen LogP contribution in [0, 0.1) is 13.8 Å². The number of imidazole rings is 1. The third-order valence-corrected chi connectivity index (χ3v) is 4.29. The van der Waals surface area contributed by atoms with Crippen molar-refractivity contribution in [2.45, 2.75) is 13.8 Å². The number of halogens is 1. The SMILES string of the molecule is Cc1[nH]c2ccccc2c1-c1nc(C)n(C)c1Br. The molecule has 4 heteroatoms. The quantitative estimate of drug-likeness (QED) is 0.725. The third-order valence-electron chi connectivity index (χ3n) is 3.38. The summed E-state index contributed by atoms with van der Waals surface area (Å²) in [6.45, 7) is 4.10. The van der Waals surface area contributed by atoms with E-state index >= 15 is 0 Å². The molecule has 3 rings (SSSR count). The van der Waals surface area contributed by atoms with Gasteiger partial charge in [0.15, 0.2) is 0 Å². The second-order valence-corrected chi connectivity index (χ2v) is 5.28. The molecule has 1 aromatic carbocycles. The molecule has 0 fully saturated rings. The summed E-state index contributed by atoms with van der Waals surface area (Å²) < 4.78 is 3.07. The maximum Gasteiger partial charge on any atom is 0.112 e. The Kier molecular flexibility index (Phi) is 2.55. The Balaban J connectivity index is 2.37. The number of fused-ring (bicyclic) bond motifs is 1. The van der Waals surface area contributed by atoms with Gasteiger partial charge in [0.05, 0.1) is 0 Å². The Morgan fingerprint density at radius 3 is 2.61 bits per heavy atom. The first-order chi connectivity index (χ1) is 8.59. The molecule has 0 saturated heterocycles. The summed E-state index contributed by atoms with van der Waals surface area (Å²) in [5.74, 6) is 1.00. The van der Waals surface area contributed by atoms with Gasteiger partial charge in [0.1, 0.15) is 16.1 Å². The van der Waals surface area contributed by atoms with E-state index in [4.69, 9.17) is 0 Å². The molecule has 2 aromatic heterocycles. The van der Waals surface area contributed by atoms with E-state index in [1.165, 1.54) is 10.9 Å². The number of aromatic nitrogens is 3. The average Bonchev–Trinajstić information content (AvgIpc) is 2.80. The molecule has 0 atom stereocenters. The molecule has 92 valence electrons. The largest absolute Gasteiger partial charge is 0.358 e. The van der Waals surface area contributed by atoms with Gasteiger partial charge in [0, 0.05) is 29.2 Å². The molecular weight excluding hydrogens is 290 g/mol. The van der Waals surface area contributed by atoms with Gasteiger partial charge in [-0.2, -0.15) is 0 Å². The number of nitrogens with one attached hydrogen (secondary N) is 1. The van der Waals surface area contributed by atoms with Crippen molar-refractivity contribution in [3.8, 4) is 11.3 Å². The molecule has 3 aromatic rings. The van der Waals surface area contributed by atoms with Crippen molar-refractivity contribution < 1.29 is 0 Å². The molecule has 0 aliphatic heterocycles. The van der Waals surface area contributed by atoms with Crippen molar-refractivity contribution in [3.05, 3.63) is 40.4 Å². The van der Waals surface area contributed by atoms with Crippen LogP contribution in [0.3, 0.4) is 0 Å². The number of para-hydroxylation sites is 1. The highest BCUT2D eigenvalue weighted by molar-refractivity contribution is 9.10. The van der Waals surface area contributed by atoms with Crippen LogP contribution in [0.4, 0.5) is 0 Å². The molecule has 1 N–H and O–H groups in total. The Morgan fingerprint density at radius 1 is 1.22 bits per heavy atom. The number of benzene rings is 1. The van der Waals surface area contributed by atoms with E-state index in [0.29, 0.717) is 0 Å². The van der Waals surface area contributed by atoms with Crippen molar-refractivity contribution in [3.63, 3.8) is 0 Å². The Bertz CT molecular complexity index is 737. The summed E-state index contributed by atoms with van der Waals surface area (Å²) >= 11 is 3.63. The molecule has 3 nitrogen and oxygen atoms in total. The van der Waals surface area contributed by atoms with Crippen molar-refractivity contribution in [2.24, 2.45) is 7.05 Å². The van der Waals surface area contributed by atoms with Crippen LogP contribution in [0.15, 0.2) is 28.9 Å². The van der Waals surface area contributed by atoms with E-state index in [1.54, 1.807) is 0 Å². The highest BCUT2D eigenvalue weighted by atomic mass is 79.9. The fraction of sp³-hybridized carbons (Fsp3) is 0.214. The zero-order chi connectivity index (χ0) is 12.9. The summed E-state index contributed by atoms with van der Waals surface area (Å²) in [4.78, 5) is 8.07. The number of hydrogen-bond acceptors (Lipinski definition) is 1. The standard InChI is InChI=1S/C14H14BrN3/c1-8-12(10-6-4-5-7-11(10)16-8)13-14(15)18(3)9(2)17-13/h4-7,16H,1-3H3. The van der Waals surface area contributed by atoms with Crippen molar-refractivity contribution >= 4 is 26.8 Å². The molecule has 0 aliphatic carbocycles. The minimum absolute atomic E-state index is 1.00. The zero-order valence-corrected chi connectivity index (χ0v) is 12.2. The number of aromatic amines is 1. The van der Waals surface area contributed by atoms with Gasteiger partial charge in [0.2, 0.25) is 0 Å². The first-order valence-corrected chi connectivity index (χ1v) is 6.65. The lowest BCUT2D eigenvalue weighted by atomic mass is 10.1. The van der Waals surface area contributed by atoms with E-state index in [1.807, 2.05) is 20.0 Å². The predicted octanol–water partition coefficient (Wildman–Crippen LogP) is 3.95.